The van der Waals surface area contributed by atoms with E-state index in [0.29, 0.717) is 5.15 Å². The number of aromatic nitrogens is 8. The maximum absolute atomic E-state index is 5.95. The topological polar surface area (TPSA) is 107 Å². The van der Waals surface area contributed by atoms with Gasteiger partial charge in [0.1, 0.15) is 15.1 Å². The highest BCUT2D eigenvalue weighted by Crippen LogP contribution is 2.26. The molecule has 6 aromatic rings. The summed E-state index contributed by atoms with van der Waals surface area (Å²) in [6.45, 7) is 0.805. The number of hydrogen-bond donors (Lipinski definition) is 1. The van der Waals surface area contributed by atoms with Crippen LogP contribution in [0, 0.1) is 3.70 Å². The van der Waals surface area contributed by atoms with Crippen LogP contribution in [0.5, 0.6) is 0 Å². The molecule has 9 nitrogen and oxygen atoms in total. The Kier molecular flexibility index (Phi) is 7.25. The Morgan fingerprint density at radius 2 is 1.61 bits per heavy atom. The van der Waals surface area contributed by atoms with E-state index in [4.69, 9.17) is 16.3 Å². The minimum absolute atomic E-state index is 0.0449. The number of ether oxygens (including phenoxy) is 1. The second-order valence-electron chi connectivity index (χ2n) is 8.81. The normalized spacial score (nSPS) is 15.4. The Morgan fingerprint density at radius 3 is 2.34 bits per heavy atom. The molecule has 0 amide bonds. The highest BCUT2D eigenvalue weighted by molar-refractivity contribution is 14.1. The van der Waals surface area contributed by atoms with E-state index in [1.165, 1.54) is 6.42 Å². The van der Waals surface area contributed by atoms with E-state index >= 15 is 0 Å². The molecule has 1 aliphatic heterocycles. The van der Waals surface area contributed by atoms with Crippen molar-refractivity contribution in [3.05, 3.63) is 82.4 Å². The highest BCUT2D eigenvalue weighted by Gasteiger charge is 2.17. The van der Waals surface area contributed by atoms with Gasteiger partial charge in [-0.15, -0.1) is 0 Å². The Hall–Kier alpha value is -3.48. The Bertz CT molecular complexity index is 1700. The summed E-state index contributed by atoms with van der Waals surface area (Å²) < 4.78 is 8.62. The Morgan fingerprint density at radius 1 is 0.842 bits per heavy atom. The number of rotatable bonds is 3. The first-order chi connectivity index (χ1) is 18.6. The largest absolute Gasteiger partial charge is 0.357 e. The molecule has 1 N–H and O–H groups in total. The third-order valence-electron chi connectivity index (χ3n) is 6.22. The Labute approximate surface area is 236 Å². The molecule has 7 heterocycles. The molecule has 6 aromatic heterocycles. The Balaban J connectivity index is 0.000000146. The van der Waals surface area contributed by atoms with E-state index in [9.17, 15) is 0 Å². The molecule has 1 aliphatic rings. The predicted molar refractivity (Wildman–Crippen MR) is 154 cm³/mol. The molecule has 0 radical (unpaired) electrons. The molecule has 0 saturated carbocycles. The van der Waals surface area contributed by atoms with Gasteiger partial charge in [-0.05, 0) is 78.3 Å². The van der Waals surface area contributed by atoms with Gasteiger partial charge in [0.25, 0.3) is 0 Å². The fourth-order valence-corrected chi connectivity index (χ4v) is 4.86. The van der Waals surface area contributed by atoms with Crippen LogP contribution in [0.3, 0.4) is 0 Å². The first-order valence-corrected chi connectivity index (χ1v) is 13.6. The van der Waals surface area contributed by atoms with Crippen LogP contribution in [-0.4, -0.2) is 46.5 Å². The molecule has 1 saturated heterocycles. The van der Waals surface area contributed by atoms with Gasteiger partial charge >= 0.3 is 0 Å². The van der Waals surface area contributed by atoms with Crippen LogP contribution in [0.15, 0.2) is 73.6 Å². The van der Waals surface area contributed by atoms with Crippen LogP contribution in [0.4, 0.5) is 0 Å². The molecule has 190 valence electrons. The van der Waals surface area contributed by atoms with E-state index in [-0.39, 0.29) is 6.23 Å². The SMILES string of the molecule is Clc1ccc2ncc(-c3cnn(C4CCCCO4)c3)cc2n1.Ic1ccc2ncc(-c3cn[nH]c3)cc2n1. The van der Waals surface area contributed by atoms with Crippen molar-refractivity contribution in [2.75, 3.05) is 6.61 Å². The average Bonchev–Trinajstić information content (AvgIpc) is 3.66. The van der Waals surface area contributed by atoms with Gasteiger partial charge < -0.3 is 4.74 Å². The number of fused-ring (bicyclic) bond motifs is 2. The maximum Gasteiger partial charge on any atom is 0.150 e. The van der Waals surface area contributed by atoms with Crippen molar-refractivity contribution in [2.45, 2.75) is 25.5 Å². The molecular formula is C27H22ClIN8O. The van der Waals surface area contributed by atoms with Crippen LogP contribution < -0.4 is 0 Å². The van der Waals surface area contributed by atoms with E-state index < -0.39 is 0 Å². The van der Waals surface area contributed by atoms with Crippen molar-refractivity contribution in [3.8, 4) is 22.3 Å². The molecule has 1 atom stereocenters. The number of halogens is 2. The van der Waals surface area contributed by atoms with Gasteiger partial charge in [0.2, 0.25) is 0 Å². The van der Waals surface area contributed by atoms with Gasteiger partial charge in [-0.25, -0.2) is 14.6 Å². The van der Waals surface area contributed by atoms with Gasteiger partial charge in [-0.2, -0.15) is 10.2 Å². The number of aromatic amines is 1. The lowest BCUT2D eigenvalue weighted by molar-refractivity contribution is -0.0394. The van der Waals surface area contributed by atoms with Crippen molar-refractivity contribution in [2.24, 2.45) is 0 Å². The zero-order valence-electron chi connectivity index (χ0n) is 20.1. The molecule has 1 fully saturated rings. The first kappa shape index (κ1) is 24.8. The van der Waals surface area contributed by atoms with Crippen LogP contribution >= 0.6 is 34.2 Å². The molecule has 1 unspecified atom stereocenters. The summed E-state index contributed by atoms with van der Waals surface area (Å²) in [5.74, 6) is 0. The quantitative estimate of drug-likeness (QED) is 0.175. The standard InChI is InChI=1S/C16H15ClN4O.C11H7IN4/c17-15-5-4-13-14(20-15)7-11(8-18-13)12-9-19-21(10-12)16-3-1-2-6-22-16;12-11-2-1-9-10(16-11)3-7(4-13-9)8-5-14-15-6-8/h4-5,7-10,16H,1-3,6H2;1-6H,(H,14,15). The minimum Gasteiger partial charge on any atom is -0.357 e. The smallest absolute Gasteiger partial charge is 0.150 e. The molecule has 38 heavy (non-hydrogen) atoms. The molecule has 11 heteroatoms. The van der Waals surface area contributed by atoms with Crippen molar-refractivity contribution in [1.82, 2.24) is 39.9 Å². The lowest BCUT2D eigenvalue weighted by Gasteiger charge is -2.22. The molecule has 0 spiro atoms. The summed E-state index contributed by atoms with van der Waals surface area (Å²) in [5.41, 5.74) is 7.46. The van der Waals surface area contributed by atoms with Crippen LogP contribution in [-0.2, 0) is 4.74 Å². The first-order valence-electron chi connectivity index (χ1n) is 12.1. The fourth-order valence-electron chi connectivity index (χ4n) is 4.26. The van der Waals surface area contributed by atoms with E-state index in [0.717, 1.165) is 67.5 Å². The lowest BCUT2D eigenvalue weighted by Crippen LogP contribution is -2.18. The van der Waals surface area contributed by atoms with Crippen LogP contribution in [0.2, 0.25) is 5.15 Å². The van der Waals surface area contributed by atoms with Crippen LogP contribution in [0.25, 0.3) is 44.3 Å². The maximum atomic E-state index is 5.95. The molecule has 0 bridgehead atoms. The van der Waals surface area contributed by atoms with Crippen molar-refractivity contribution < 1.29 is 4.74 Å². The van der Waals surface area contributed by atoms with Gasteiger partial charge in [-0.3, -0.25) is 15.1 Å². The summed E-state index contributed by atoms with van der Waals surface area (Å²) in [6.07, 6.45) is 14.5. The van der Waals surface area contributed by atoms with Crippen LogP contribution in [0.1, 0.15) is 25.5 Å². The third-order valence-corrected chi connectivity index (χ3v) is 7.04. The number of nitrogens with one attached hydrogen (secondary N) is 1. The fraction of sp³-hybridized carbons (Fsp3) is 0.185. The van der Waals surface area contributed by atoms with E-state index in [1.54, 1.807) is 12.3 Å². The average molecular weight is 637 g/mol. The number of pyridine rings is 4. The third kappa shape index (κ3) is 5.52. The predicted octanol–water partition coefficient (Wildman–Crippen LogP) is 6.47. The summed E-state index contributed by atoms with van der Waals surface area (Å²) in [6, 6.07) is 11.5. The van der Waals surface area contributed by atoms with Crippen molar-refractivity contribution in [3.63, 3.8) is 0 Å². The second-order valence-corrected chi connectivity index (χ2v) is 10.3. The van der Waals surface area contributed by atoms with Gasteiger partial charge in [-0.1, -0.05) is 11.6 Å². The zero-order chi connectivity index (χ0) is 25.9. The summed E-state index contributed by atoms with van der Waals surface area (Å²) in [5, 5.41) is 11.6. The zero-order valence-corrected chi connectivity index (χ0v) is 23.0. The van der Waals surface area contributed by atoms with Crippen molar-refractivity contribution >= 4 is 56.3 Å². The highest BCUT2D eigenvalue weighted by atomic mass is 127. The number of hydrogen-bond acceptors (Lipinski definition) is 7. The van der Waals surface area contributed by atoms with E-state index in [1.807, 2.05) is 66.0 Å². The number of nitrogens with zero attached hydrogens (tertiary/aromatic N) is 7. The molecule has 7 rings (SSSR count). The monoisotopic (exact) mass is 636 g/mol. The molecule has 0 aromatic carbocycles. The minimum atomic E-state index is 0.0449. The van der Waals surface area contributed by atoms with Gasteiger partial charge in [0.15, 0.2) is 0 Å². The van der Waals surface area contributed by atoms with Gasteiger partial charge in [0.05, 0.1) is 34.5 Å². The van der Waals surface area contributed by atoms with Crippen molar-refractivity contribution in [1.29, 1.82) is 0 Å². The second kappa shape index (κ2) is 11.1. The summed E-state index contributed by atoms with van der Waals surface area (Å²) in [4.78, 5) is 17.6. The molecule has 0 aliphatic carbocycles. The lowest BCUT2D eigenvalue weighted by atomic mass is 10.1. The van der Waals surface area contributed by atoms with Gasteiger partial charge in [0, 0.05) is 53.6 Å². The summed E-state index contributed by atoms with van der Waals surface area (Å²) >= 11 is 8.15. The van der Waals surface area contributed by atoms with E-state index in [2.05, 4.69) is 57.8 Å². The summed E-state index contributed by atoms with van der Waals surface area (Å²) in [7, 11) is 0. The number of H-pyrrole nitrogens is 1. The molecular weight excluding hydrogens is 615 g/mol.